The number of amides is 1. The number of morpholine rings is 1. The van der Waals surface area contributed by atoms with Crippen LogP contribution in [-0.4, -0.2) is 38.8 Å². The summed E-state index contributed by atoms with van der Waals surface area (Å²) >= 11 is 0. The van der Waals surface area contributed by atoms with E-state index >= 15 is 0 Å². The van der Waals surface area contributed by atoms with Crippen molar-refractivity contribution >= 4 is 24.0 Å². The van der Waals surface area contributed by atoms with Gasteiger partial charge in [0.05, 0.1) is 13.2 Å². The summed E-state index contributed by atoms with van der Waals surface area (Å²) in [7, 11) is 1.63. The number of hydrogen-bond acceptors (Lipinski definition) is 4. The standard InChI is InChI=1S/C13H18N2O3.ClH/c1-17-9-10-4-2-3-5-11(10)15-13(16)12-8-14-6-7-18-12;/h2-5,12,14H,6-9H2,1H3,(H,15,16);1H. The van der Waals surface area contributed by atoms with Crippen LogP contribution in [0.5, 0.6) is 0 Å². The minimum Gasteiger partial charge on any atom is -0.380 e. The summed E-state index contributed by atoms with van der Waals surface area (Å²) in [5.41, 5.74) is 1.73. The van der Waals surface area contributed by atoms with Gasteiger partial charge >= 0.3 is 0 Å². The molecule has 1 aromatic carbocycles. The molecule has 2 N–H and O–H groups in total. The van der Waals surface area contributed by atoms with Crippen molar-refractivity contribution in [2.24, 2.45) is 0 Å². The maximum Gasteiger partial charge on any atom is 0.254 e. The number of benzene rings is 1. The molecule has 1 saturated heterocycles. The molecule has 0 saturated carbocycles. The number of carbonyl (C=O) groups excluding carboxylic acids is 1. The van der Waals surface area contributed by atoms with Gasteiger partial charge in [0.2, 0.25) is 0 Å². The minimum absolute atomic E-state index is 0. The van der Waals surface area contributed by atoms with E-state index in [4.69, 9.17) is 9.47 Å². The van der Waals surface area contributed by atoms with E-state index in [-0.39, 0.29) is 18.3 Å². The summed E-state index contributed by atoms with van der Waals surface area (Å²) < 4.78 is 10.5. The van der Waals surface area contributed by atoms with Crippen molar-refractivity contribution in [2.75, 3.05) is 32.1 Å². The third kappa shape index (κ3) is 4.47. The van der Waals surface area contributed by atoms with Crippen molar-refractivity contribution in [1.82, 2.24) is 5.32 Å². The summed E-state index contributed by atoms with van der Waals surface area (Å²) in [5.74, 6) is -0.120. The Labute approximate surface area is 119 Å². The van der Waals surface area contributed by atoms with Gasteiger partial charge in [-0.15, -0.1) is 12.4 Å². The lowest BCUT2D eigenvalue weighted by Gasteiger charge is -2.23. The number of hydrogen-bond donors (Lipinski definition) is 2. The van der Waals surface area contributed by atoms with Crippen molar-refractivity contribution in [1.29, 1.82) is 0 Å². The molecule has 1 aromatic rings. The van der Waals surface area contributed by atoms with E-state index in [1.165, 1.54) is 0 Å². The van der Waals surface area contributed by atoms with Gasteiger partial charge in [0.25, 0.3) is 5.91 Å². The Hall–Kier alpha value is -1.14. The Morgan fingerprint density at radius 3 is 3.00 bits per heavy atom. The predicted molar refractivity (Wildman–Crippen MR) is 75.6 cm³/mol. The molecule has 1 aliphatic rings. The molecule has 0 spiro atoms. The molecule has 2 rings (SSSR count). The molecule has 1 fully saturated rings. The molecule has 1 aliphatic heterocycles. The molecule has 1 amide bonds. The summed E-state index contributed by atoms with van der Waals surface area (Å²) in [5, 5.41) is 6.01. The Bertz CT molecular complexity index is 409. The molecule has 106 valence electrons. The molecule has 0 aliphatic carbocycles. The monoisotopic (exact) mass is 286 g/mol. The third-order valence-corrected chi connectivity index (χ3v) is 2.80. The number of ether oxygens (including phenoxy) is 2. The fourth-order valence-electron chi connectivity index (χ4n) is 1.87. The SMILES string of the molecule is COCc1ccccc1NC(=O)C1CNCCO1.Cl. The van der Waals surface area contributed by atoms with Crippen LogP contribution in [0.2, 0.25) is 0 Å². The summed E-state index contributed by atoms with van der Waals surface area (Å²) in [6, 6.07) is 7.60. The first-order chi connectivity index (χ1) is 8.81. The number of nitrogens with one attached hydrogen (secondary N) is 2. The molecule has 0 bridgehead atoms. The lowest BCUT2D eigenvalue weighted by molar-refractivity contribution is -0.128. The van der Waals surface area contributed by atoms with E-state index in [2.05, 4.69) is 10.6 Å². The highest BCUT2D eigenvalue weighted by molar-refractivity contribution is 5.95. The second-order valence-electron chi connectivity index (χ2n) is 4.14. The second-order valence-corrected chi connectivity index (χ2v) is 4.14. The van der Waals surface area contributed by atoms with Gasteiger partial charge < -0.3 is 20.1 Å². The molecular weight excluding hydrogens is 268 g/mol. The Balaban J connectivity index is 0.00000180. The molecular formula is C13H19ClN2O3. The van der Waals surface area contributed by atoms with Gasteiger partial charge in [0.1, 0.15) is 6.10 Å². The molecule has 19 heavy (non-hydrogen) atoms. The highest BCUT2D eigenvalue weighted by Crippen LogP contribution is 2.16. The predicted octanol–water partition coefficient (Wildman–Crippen LogP) is 1.18. The Morgan fingerprint density at radius 1 is 1.53 bits per heavy atom. The van der Waals surface area contributed by atoms with Crippen LogP contribution >= 0.6 is 12.4 Å². The number of para-hydroxylation sites is 1. The number of rotatable bonds is 4. The van der Waals surface area contributed by atoms with Gasteiger partial charge in [-0.3, -0.25) is 4.79 Å². The van der Waals surface area contributed by atoms with Crippen LogP contribution in [0.1, 0.15) is 5.56 Å². The van der Waals surface area contributed by atoms with Crippen LogP contribution in [0.25, 0.3) is 0 Å². The number of halogens is 1. The van der Waals surface area contributed by atoms with Crippen LogP contribution in [-0.2, 0) is 20.9 Å². The van der Waals surface area contributed by atoms with Gasteiger partial charge in [-0.05, 0) is 6.07 Å². The van der Waals surface area contributed by atoms with Crippen LogP contribution in [0.15, 0.2) is 24.3 Å². The average Bonchev–Trinajstić information content (AvgIpc) is 2.42. The van der Waals surface area contributed by atoms with E-state index in [9.17, 15) is 4.79 Å². The zero-order valence-corrected chi connectivity index (χ0v) is 11.7. The van der Waals surface area contributed by atoms with Gasteiger partial charge in [0, 0.05) is 31.5 Å². The van der Waals surface area contributed by atoms with E-state index in [0.717, 1.165) is 17.8 Å². The van der Waals surface area contributed by atoms with Crippen molar-refractivity contribution in [3.8, 4) is 0 Å². The zero-order chi connectivity index (χ0) is 12.8. The third-order valence-electron chi connectivity index (χ3n) is 2.80. The fraction of sp³-hybridized carbons (Fsp3) is 0.462. The smallest absolute Gasteiger partial charge is 0.254 e. The Kier molecular flexibility index (Phi) is 6.80. The lowest BCUT2D eigenvalue weighted by Crippen LogP contribution is -2.45. The van der Waals surface area contributed by atoms with Crippen LogP contribution in [0.4, 0.5) is 5.69 Å². The second kappa shape index (κ2) is 8.12. The quantitative estimate of drug-likeness (QED) is 0.873. The van der Waals surface area contributed by atoms with Crippen LogP contribution in [0, 0.1) is 0 Å². The number of carbonyl (C=O) groups is 1. The largest absolute Gasteiger partial charge is 0.380 e. The van der Waals surface area contributed by atoms with Crippen LogP contribution < -0.4 is 10.6 Å². The first kappa shape index (κ1) is 15.9. The van der Waals surface area contributed by atoms with E-state index in [0.29, 0.717) is 19.8 Å². The van der Waals surface area contributed by atoms with Gasteiger partial charge in [0.15, 0.2) is 0 Å². The van der Waals surface area contributed by atoms with Gasteiger partial charge in [-0.1, -0.05) is 18.2 Å². The Morgan fingerprint density at radius 2 is 2.32 bits per heavy atom. The van der Waals surface area contributed by atoms with Crippen LogP contribution in [0.3, 0.4) is 0 Å². The van der Waals surface area contributed by atoms with Crippen molar-refractivity contribution in [3.05, 3.63) is 29.8 Å². The summed E-state index contributed by atoms with van der Waals surface area (Å²) in [4.78, 5) is 12.0. The molecule has 1 heterocycles. The first-order valence-electron chi connectivity index (χ1n) is 6.01. The first-order valence-corrected chi connectivity index (χ1v) is 6.01. The van der Waals surface area contributed by atoms with Gasteiger partial charge in [-0.25, -0.2) is 0 Å². The van der Waals surface area contributed by atoms with Crippen molar-refractivity contribution in [3.63, 3.8) is 0 Å². The zero-order valence-electron chi connectivity index (χ0n) is 10.8. The normalized spacial score (nSPS) is 18.5. The highest BCUT2D eigenvalue weighted by Gasteiger charge is 2.22. The molecule has 0 radical (unpaired) electrons. The lowest BCUT2D eigenvalue weighted by atomic mass is 10.1. The van der Waals surface area contributed by atoms with Crippen molar-refractivity contribution < 1.29 is 14.3 Å². The molecule has 0 aromatic heterocycles. The molecule has 6 heteroatoms. The highest BCUT2D eigenvalue weighted by atomic mass is 35.5. The van der Waals surface area contributed by atoms with E-state index in [1.54, 1.807) is 7.11 Å². The van der Waals surface area contributed by atoms with Gasteiger partial charge in [-0.2, -0.15) is 0 Å². The fourth-order valence-corrected chi connectivity index (χ4v) is 1.87. The minimum atomic E-state index is -0.422. The number of methoxy groups -OCH3 is 1. The maximum absolute atomic E-state index is 12.0. The van der Waals surface area contributed by atoms with Crippen molar-refractivity contribution in [2.45, 2.75) is 12.7 Å². The summed E-state index contributed by atoms with van der Waals surface area (Å²) in [6.07, 6.45) is -0.422. The topological polar surface area (TPSA) is 59.6 Å². The maximum atomic E-state index is 12.0. The molecule has 1 unspecified atom stereocenters. The average molecular weight is 287 g/mol. The molecule has 5 nitrogen and oxygen atoms in total. The van der Waals surface area contributed by atoms with E-state index in [1.807, 2.05) is 24.3 Å². The summed E-state index contributed by atoms with van der Waals surface area (Å²) in [6.45, 7) is 2.39. The number of anilines is 1. The van der Waals surface area contributed by atoms with E-state index < -0.39 is 6.10 Å². The molecule has 1 atom stereocenters.